The lowest BCUT2D eigenvalue weighted by molar-refractivity contribution is -0.520. The molecule has 11 nitrogen and oxygen atoms in total. The number of carbonyl (C=O) groups excluding carboxylic acids is 2. The highest BCUT2D eigenvalue weighted by Crippen LogP contribution is 2.32. The predicted molar refractivity (Wildman–Crippen MR) is 134 cm³/mol. The van der Waals surface area contributed by atoms with Crippen molar-refractivity contribution in [1.82, 2.24) is 10.3 Å². The van der Waals surface area contributed by atoms with Crippen LogP contribution in [0.3, 0.4) is 0 Å². The first-order chi connectivity index (χ1) is 17.4. The molecule has 3 rings (SSSR count). The molecule has 11 heteroatoms. The maximum Gasteiger partial charge on any atom is 0.407 e. The molecule has 0 aliphatic carbocycles. The first-order valence-electron chi connectivity index (χ1n) is 11.1. The summed E-state index contributed by atoms with van der Waals surface area (Å²) in [6.07, 6.45) is 3.53. The highest BCUT2D eigenvalue weighted by atomic mass is 16.6. The molecule has 3 N–H and O–H groups in total. The summed E-state index contributed by atoms with van der Waals surface area (Å²) in [5.41, 5.74) is 2.51. The van der Waals surface area contributed by atoms with E-state index in [2.05, 4.69) is 27.5 Å². The van der Waals surface area contributed by atoms with Gasteiger partial charge in [-0.1, -0.05) is 24.8 Å². The molecule has 2 aromatic carbocycles. The molecule has 0 fully saturated rings. The molecule has 0 aliphatic heterocycles. The maximum absolute atomic E-state index is 12.5. The number of urea groups is 1. The molecular formula is C25H28N5O6+. The maximum atomic E-state index is 12.5. The quantitative estimate of drug-likeness (QED) is 0.262. The van der Waals surface area contributed by atoms with Crippen molar-refractivity contribution in [2.45, 2.75) is 19.1 Å². The number of rotatable bonds is 11. The van der Waals surface area contributed by atoms with E-state index in [9.17, 15) is 14.5 Å². The summed E-state index contributed by atoms with van der Waals surface area (Å²) in [6.45, 7) is 4.02. The Morgan fingerprint density at radius 2 is 1.97 bits per heavy atom. The Labute approximate surface area is 208 Å². The molecule has 0 bridgehead atoms. The van der Waals surface area contributed by atoms with Crippen LogP contribution in [0, 0.1) is 4.91 Å². The second-order valence-corrected chi connectivity index (χ2v) is 7.73. The number of hydrogen-bond donors (Lipinski definition) is 3. The van der Waals surface area contributed by atoms with E-state index in [0.29, 0.717) is 34.9 Å². The van der Waals surface area contributed by atoms with Crippen molar-refractivity contribution in [3.63, 3.8) is 0 Å². The first kappa shape index (κ1) is 25.9. The van der Waals surface area contributed by atoms with Crippen molar-refractivity contribution >= 4 is 23.5 Å². The number of anilines is 2. The van der Waals surface area contributed by atoms with Crippen LogP contribution in [-0.2, 0) is 11.3 Å². The first-order valence-corrected chi connectivity index (χ1v) is 11.1. The second-order valence-electron chi connectivity index (χ2n) is 7.73. The number of carbonyl (C=O) groups is 2. The standard InChI is InChI=1S/C25H27N5O6/c1-4-20(10-11-30(2)33)36-25(32)27-14-17-6-5-7-18(12-17)28-24(31)29-19-8-9-21(22(13-19)34-3)23-15-26-16-35-23/h4-9,12-13,15-16,20H,1,10-11,14H2,2-3H3,(H2-,27,28,29,31,32)/p+1. The van der Waals surface area contributed by atoms with E-state index in [1.807, 2.05) is 0 Å². The third kappa shape index (κ3) is 7.69. The van der Waals surface area contributed by atoms with Crippen LogP contribution in [0.1, 0.15) is 12.0 Å². The van der Waals surface area contributed by atoms with E-state index in [1.165, 1.54) is 26.6 Å². The fourth-order valence-corrected chi connectivity index (χ4v) is 3.26. The molecule has 1 aromatic heterocycles. The number of oxazole rings is 1. The van der Waals surface area contributed by atoms with Crippen molar-refractivity contribution in [2.24, 2.45) is 0 Å². The van der Waals surface area contributed by atoms with E-state index < -0.39 is 18.2 Å². The van der Waals surface area contributed by atoms with Crippen LogP contribution in [0.2, 0.25) is 0 Å². The van der Waals surface area contributed by atoms with Gasteiger partial charge in [0.2, 0.25) is 0 Å². The van der Waals surface area contributed by atoms with Crippen LogP contribution in [0.25, 0.3) is 11.3 Å². The SMILES string of the molecule is C=CC(CC[N+](C)=O)OC(=O)NCc1cccc(NC(=O)Nc2ccc(-c3cnco3)c(OC)c2)c1. The lowest BCUT2D eigenvalue weighted by Gasteiger charge is -2.13. The van der Waals surface area contributed by atoms with Crippen molar-refractivity contribution in [2.75, 3.05) is 31.3 Å². The topological polar surface area (TPSA) is 135 Å². The zero-order chi connectivity index (χ0) is 25.9. The van der Waals surface area contributed by atoms with Gasteiger partial charge in [0.25, 0.3) is 0 Å². The lowest BCUT2D eigenvalue weighted by Crippen LogP contribution is -2.29. The summed E-state index contributed by atoms with van der Waals surface area (Å²) < 4.78 is 16.7. The van der Waals surface area contributed by atoms with Crippen LogP contribution >= 0.6 is 0 Å². The Kier molecular flexibility index (Phi) is 9.15. The summed E-state index contributed by atoms with van der Waals surface area (Å²) in [6, 6.07) is 11.7. The zero-order valence-corrected chi connectivity index (χ0v) is 20.0. The van der Waals surface area contributed by atoms with Crippen molar-refractivity contribution in [3.05, 3.63) is 78.2 Å². The van der Waals surface area contributed by atoms with E-state index in [0.717, 1.165) is 10.3 Å². The molecule has 1 heterocycles. The lowest BCUT2D eigenvalue weighted by atomic mass is 10.1. The summed E-state index contributed by atoms with van der Waals surface area (Å²) in [7, 11) is 2.92. The summed E-state index contributed by atoms with van der Waals surface area (Å²) >= 11 is 0. The third-order valence-corrected chi connectivity index (χ3v) is 5.03. The van der Waals surface area contributed by atoms with Gasteiger partial charge in [0.05, 0.1) is 25.3 Å². The number of benzene rings is 2. The Bertz CT molecular complexity index is 1210. The number of nitroso groups, excluding NO2 is 1. The number of hydrogen-bond acceptors (Lipinski definition) is 7. The molecule has 0 spiro atoms. The van der Waals surface area contributed by atoms with E-state index in [4.69, 9.17) is 13.9 Å². The Hall–Kier alpha value is -4.67. The molecule has 1 atom stereocenters. The van der Waals surface area contributed by atoms with Gasteiger partial charge in [-0.25, -0.2) is 14.6 Å². The predicted octanol–water partition coefficient (Wildman–Crippen LogP) is 4.57. The van der Waals surface area contributed by atoms with Crippen LogP contribution < -0.4 is 20.7 Å². The van der Waals surface area contributed by atoms with Gasteiger partial charge in [0, 0.05) is 28.9 Å². The van der Waals surface area contributed by atoms with Gasteiger partial charge in [0.1, 0.15) is 11.9 Å². The molecule has 36 heavy (non-hydrogen) atoms. The van der Waals surface area contributed by atoms with Crippen LogP contribution in [0.15, 0.2) is 72.1 Å². The number of alkyl carbamates (subject to hydrolysis) is 1. The highest BCUT2D eigenvalue weighted by molar-refractivity contribution is 6.00. The minimum atomic E-state index is -0.632. The van der Waals surface area contributed by atoms with Crippen molar-refractivity contribution < 1.29 is 28.2 Å². The van der Waals surface area contributed by atoms with Crippen molar-refractivity contribution in [3.8, 4) is 17.1 Å². The average molecular weight is 495 g/mol. The minimum Gasteiger partial charge on any atom is -0.496 e. The molecule has 3 aromatic rings. The normalized spacial score (nSPS) is 11.2. The van der Waals surface area contributed by atoms with Gasteiger partial charge in [-0.05, 0) is 34.6 Å². The van der Waals surface area contributed by atoms with E-state index >= 15 is 0 Å². The summed E-state index contributed by atoms with van der Waals surface area (Å²) in [5.74, 6) is 1.07. The Morgan fingerprint density at radius 3 is 2.64 bits per heavy atom. The van der Waals surface area contributed by atoms with Gasteiger partial charge < -0.3 is 29.8 Å². The number of aromatic nitrogens is 1. The fourth-order valence-electron chi connectivity index (χ4n) is 3.26. The van der Waals surface area contributed by atoms with E-state index in [-0.39, 0.29) is 13.1 Å². The van der Waals surface area contributed by atoms with Gasteiger partial charge >= 0.3 is 12.1 Å². The second kappa shape index (κ2) is 12.7. The average Bonchev–Trinajstić information content (AvgIpc) is 3.40. The van der Waals surface area contributed by atoms with Gasteiger partial charge in [-0.2, -0.15) is 0 Å². The largest absolute Gasteiger partial charge is 0.496 e. The monoisotopic (exact) mass is 494 g/mol. The molecule has 0 saturated heterocycles. The Morgan fingerprint density at radius 1 is 1.19 bits per heavy atom. The number of nitrogens with one attached hydrogen (secondary N) is 3. The van der Waals surface area contributed by atoms with Crippen LogP contribution in [0.5, 0.6) is 5.75 Å². The Balaban J connectivity index is 1.53. The van der Waals surface area contributed by atoms with Gasteiger partial charge in [-0.15, -0.1) is 0 Å². The van der Waals surface area contributed by atoms with Crippen molar-refractivity contribution in [1.29, 1.82) is 0 Å². The number of amides is 3. The van der Waals surface area contributed by atoms with Crippen LogP contribution in [0.4, 0.5) is 21.0 Å². The molecule has 3 amide bonds. The van der Waals surface area contributed by atoms with Gasteiger partial charge in [-0.3, -0.25) is 0 Å². The highest BCUT2D eigenvalue weighted by Gasteiger charge is 2.15. The number of nitrogens with zero attached hydrogens (tertiary/aromatic N) is 2. The zero-order valence-electron chi connectivity index (χ0n) is 20.0. The summed E-state index contributed by atoms with van der Waals surface area (Å²) in [5, 5.41) is 8.16. The van der Waals surface area contributed by atoms with Crippen LogP contribution in [-0.4, -0.2) is 48.7 Å². The third-order valence-electron chi connectivity index (χ3n) is 5.03. The number of methoxy groups -OCH3 is 1. The molecular weight excluding hydrogens is 466 g/mol. The molecule has 0 aliphatic rings. The van der Waals surface area contributed by atoms with E-state index in [1.54, 1.807) is 48.7 Å². The number of ether oxygens (including phenoxy) is 2. The minimum absolute atomic E-state index is 0.182. The molecule has 1 unspecified atom stereocenters. The summed E-state index contributed by atoms with van der Waals surface area (Å²) in [4.78, 5) is 39.5. The smallest absolute Gasteiger partial charge is 0.407 e. The fraction of sp³-hybridized carbons (Fsp3) is 0.240. The molecule has 188 valence electrons. The van der Waals surface area contributed by atoms with Gasteiger partial charge in [0.15, 0.2) is 25.7 Å². The molecule has 0 saturated carbocycles. The molecule has 0 radical (unpaired) electrons.